The van der Waals surface area contributed by atoms with Gasteiger partial charge in [0.05, 0.1) is 0 Å². The van der Waals surface area contributed by atoms with E-state index in [1.807, 2.05) is 0 Å². The van der Waals surface area contributed by atoms with E-state index in [9.17, 15) is 4.79 Å². The molecule has 0 spiro atoms. The highest BCUT2D eigenvalue weighted by atomic mass is 16.4. The fourth-order valence-corrected chi connectivity index (χ4v) is 1.11. The van der Waals surface area contributed by atoms with E-state index in [1.165, 1.54) is 6.08 Å². The number of rotatable bonds is 4. The predicted molar refractivity (Wildman–Crippen MR) is 65.6 cm³/mol. The molecule has 0 atom stereocenters. The maximum atomic E-state index is 11.1. The van der Waals surface area contributed by atoms with Crippen LogP contribution in [0.3, 0.4) is 0 Å². The van der Waals surface area contributed by atoms with Gasteiger partial charge in [0, 0.05) is 23.7 Å². The van der Waals surface area contributed by atoms with Crippen molar-refractivity contribution in [2.24, 2.45) is 4.99 Å². The third-order valence-electron chi connectivity index (χ3n) is 2.04. The molecule has 0 saturated heterocycles. The summed E-state index contributed by atoms with van der Waals surface area (Å²) in [6, 6.07) is 1.66. The van der Waals surface area contributed by atoms with Crippen molar-refractivity contribution < 1.29 is 9.90 Å². The second kappa shape index (κ2) is 5.69. The number of hydrogen-bond donors (Lipinski definition) is 1. The second-order valence-corrected chi connectivity index (χ2v) is 3.31. The Hall–Kier alpha value is -2.30. The summed E-state index contributed by atoms with van der Waals surface area (Å²) < 4.78 is 0. The van der Waals surface area contributed by atoms with Gasteiger partial charge in [-0.2, -0.15) is 0 Å². The van der Waals surface area contributed by atoms with E-state index in [0.29, 0.717) is 17.1 Å². The Labute approximate surface area is 99.3 Å². The Morgan fingerprint density at radius 2 is 2.00 bits per heavy atom. The van der Waals surface area contributed by atoms with E-state index >= 15 is 0 Å². The predicted octanol–water partition coefficient (Wildman–Crippen LogP) is 1.94. The highest BCUT2D eigenvalue weighted by molar-refractivity contribution is 6.01. The van der Waals surface area contributed by atoms with Crippen molar-refractivity contribution in [2.45, 2.75) is 13.8 Å². The first-order valence-corrected chi connectivity index (χ1v) is 4.95. The van der Waals surface area contributed by atoms with E-state index in [1.54, 1.807) is 32.3 Å². The summed E-state index contributed by atoms with van der Waals surface area (Å²) in [5, 5.41) is 9.09. The van der Waals surface area contributed by atoms with E-state index < -0.39 is 5.97 Å². The van der Waals surface area contributed by atoms with Crippen LogP contribution in [0.15, 0.2) is 41.8 Å². The number of aliphatic carboxylic acids is 1. The van der Waals surface area contributed by atoms with Crippen LogP contribution in [0.2, 0.25) is 0 Å². The molecule has 1 aromatic heterocycles. The van der Waals surface area contributed by atoms with Crippen molar-refractivity contribution in [3.63, 3.8) is 0 Å². The summed E-state index contributed by atoms with van der Waals surface area (Å²) in [4.78, 5) is 23.1. The molecule has 1 heterocycles. The molecule has 0 aliphatic carbocycles. The molecule has 1 N–H and O–H groups in total. The molecule has 0 bridgehead atoms. The molecule has 5 nitrogen and oxygen atoms in total. The molecule has 0 fully saturated rings. The van der Waals surface area contributed by atoms with Crippen molar-refractivity contribution in [2.75, 3.05) is 0 Å². The Balaban J connectivity index is 3.30. The summed E-state index contributed by atoms with van der Waals surface area (Å²) in [6.45, 7) is 6.83. The van der Waals surface area contributed by atoms with Crippen LogP contribution in [0, 0.1) is 0 Å². The maximum absolute atomic E-state index is 11.1. The maximum Gasteiger partial charge on any atom is 0.354 e. The molecule has 0 radical (unpaired) electrons. The molecular formula is C12H13N3O2. The summed E-state index contributed by atoms with van der Waals surface area (Å²) in [7, 11) is 0. The number of aliphatic imine (C=N–C) groups is 1. The molecule has 0 aromatic carbocycles. The van der Waals surface area contributed by atoms with Gasteiger partial charge in [0.25, 0.3) is 0 Å². The fraction of sp³-hybridized carbons (Fsp3) is 0.167. The lowest BCUT2D eigenvalue weighted by Crippen LogP contribution is -2.04. The Morgan fingerprint density at radius 1 is 1.41 bits per heavy atom. The van der Waals surface area contributed by atoms with Crippen molar-refractivity contribution in [3.05, 3.63) is 42.6 Å². The van der Waals surface area contributed by atoms with Crippen molar-refractivity contribution in [1.82, 2.24) is 9.97 Å². The number of carboxylic acids is 1. The van der Waals surface area contributed by atoms with Gasteiger partial charge in [-0.1, -0.05) is 6.58 Å². The van der Waals surface area contributed by atoms with Crippen molar-refractivity contribution >= 4 is 17.3 Å². The van der Waals surface area contributed by atoms with Crippen LogP contribution in [0.5, 0.6) is 0 Å². The van der Waals surface area contributed by atoms with Gasteiger partial charge >= 0.3 is 5.97 Å². The minimum Gasteiger partial charge on any atom is -0.477 e. The number of carboxylic acid groups (broad SMARTS) is 1. The molecule has 0 unspecified atom stereocenters. The van der Waals surface area contributed by atoms with Gasteiger partial charge in [-0.3, -0.25) is 0 Å². The smallest absolute Gasteiger partial charge is 0.354 e. The van der Waals surface area contributed by atoms with E-state index in [2.05, 4.69) is 21.5 Å². The zero-order valence-corrected chi connectivity index (χ0v) is 9.71. The number of nitrogens with zero attached hydrogens (tertiary/aromatic N) is 3. The van der Waals surface area contributed by atoms with Crippen LogP contribution in [0.4, 0.5) is 0 Å². The number of aromatic nitrogens is 2. The largest absolute Gasteiger partial charge is 0.477 e. The summed E-state index contributed by atoms with van der Waals surface area (Å²) >= 11 is 0. The summed E-state index contributed by atoms with van der Waals surface area (Å²) in [5.41, 5.74) is 0.866. The monoisotopic (exact) mass is 231 g/mol. The van der Waals surface area contributed by atoms with Crippen LogP contribution >= 0.6 is 0 Å². The van der Waals surface area contributed by atoms with Crippen molar-refractivity contribution in [1.29, 1.82) is 0 Å². The minimum atomic E-state index is -1.11. The third-order valence-corrected chi connectivity index (χ3v) is 2.04. The zero-order valence-electron chi connectivity index (χ0n) is 9.71. The Kier molecular flexibility index (Phi) is 4.28. The van der Waals surface area contributed by atoms with Crippen LogP contribution in [-0.4, -0.2) is 26.8 Å². The van der Waals surface area contributed by atoms with Gasteiger partial charge < -0.3 is 5.11 Å². The first kappa shape index (κ1) is 12.8. The van der Waals surface area contributed by atoms with Crippen molar-refractivity contribution in [3.8, 4) is 0 Å². The topological polar surface area (TPSA) is 75.4 Å². The summed E-state index contributed by atoms with van der Waals surface area (Å²) in [6.07, 6.45) is 4.59. The Morgan fingerprint density at radius 3 is 2.47 bits per heavy atom. The lowest BCUT2D eigenvalue weighted by molar-refractivity contribution is -0.132. The molecule has 0 saturated carbocycles. The molecule has 0 aliphatic rings. The van der Waals surface area contributed by atoms with Gasteiger partial charge in [0.2, 0.25) is 0 Å². The minimum absolute atomic E-state index is 0.0754. The number of carbonyl (C=O) groups is 1. The van der Waals surface area contributed by atoms with Gasteiger partial charge in [0.15, 0.2) is 11.5 Å². The van der Waals surface area contributed by atoms with E-state index in [4.69, 9.17) is 5.11 Å². The zero-order chi connectivity index (χ0) is 12.8. The molecule has 17 heavy (non-hydrogen) atoms. The normalized spacial score (nSPS) is 12.9. The average Bonchev–Trinajstić information content (AvgIpc) is 2.35. The van der Waals surface area contributed by atoms with Gasteiger partial charge in [-0.05, 0) is 26.0 Å². The molecule has 88 valence electrons. The molecular weight excluding hydrogens is 218 g/mol. The highest BCUT2D eigenvalue weighted by Gasteiger charge is 2.13. The molecule has 0 amide bonds. The first-order chi connectivity index (χ1) is 8.06. The second-order valence-electron chi connectivity index (χ2n) is 3.31. The van der Waals surface area contributed by atoms with Crippen LogP contribution in [0.1, 0.15) is 19.7 Å². The standard InChI is InChI=1S/C12H13N3O2/c1-4-8(2)15-10(12(16)17)9(3)11-13-6-5-7-14-11/h4-7H,1H2,2-3H3,(H,16,17). The van der Waals surface area contributed by atoms with Crippen LogP contribution in [-0.2, 0) is 4.79 Å². The average molecular weight is 231 g/mol. The molecule has 0 aliphatic heterocycles. The van der Waals surface area contributed by atoms with Gasteiger partial charge in [-0.25, -0.2) is 19.8 Å². The molecule has 1 aromatic rings. The number of hydrogen-bond acceptors (Lipinski definition) is 4. The third kappa shape index (κ3) is 3.34. The quantitative estimate of drug-likeness (QED) is 0.634. The van der Waals surface area contributed by atoms with E-state index in [-0.39, 0.29) is 5.70 Å². The number of allylic oxidation sites excluding steroid dienone is 2. The van der Waals surface area contributed by atoms with Gasteiger partial charge in [-0.15, -0.1) is 0 Å². The van der Waals surface area contributed by atoms with E-state index in [0.717, 1.165) is 0 Å². The Bertz CT molecular complexity index is 490. The molecule has 1 rings (SSSR count). The lowest BCUT2D eigenvalue weighted by Gasteiger charge is -2.03. The lowest BCUT2D eigenvalue weighted by atomic mass is 10.2. The SMILES string of the molecule is C=CC(C)=NC(C(=O)O)=C(C)c1ncccn1. The first-order valence-electron chi connectivity index (χ1n) is 4.95. The summed E-state index contributed by atoms with van der Waals surface area (Å²) in [5.74, 6) is -0.762. The molecule has 5 heteroatoms. The van der Waals surface area contributed by atoms with Crippen LogP contribution < -0.4 is 0 Å². The van der Waals surface area contributed by atoms with Gasteiger partial charge in [0.1, 0.15) is 0 Å². The highest BCUT2D eigenvalue weighted by Crippen LogP contribution is 2.15. The fourth-order valence-electron chi connectivity index (χ4n) is 1.11. The van der Waals surface area contributed by atoms with Crippen LogP contribution in [0.25, 0.3) is 5.57 Å².